The molecule has 1 fully saturated rings. The highest BCUT2D eigenvalue weighted by Crippen LogP contribution is 2.22. The number of aryl methyl sites for hydroxylation is 1. The fourth-order valence-corrected chi connectivity index (χ4v) is 5.80. The minimum Gasteiger partial charge on any atom is -0.352 e. The Morgan fingerprint density at radius 2 is 1.61 bits per heavy atom. The first kappa shape index (κ1) is 27.9. The number of thioether (sulfide) groups is 1. The van der Waals surface area contributed by atoms with Gasteiger partial charge < -0.3 is 10.2 Å². The zero-order valence-electron chi connectivity index (χ0n) is 22.1. The van der Waals surface area contributed by atoms with E-state index in [1.165, 1.54) is 29.8 Å². The molecule has 1 N–H and O–H groups in total. The summed E-state index contributed by atoms with van der Waals surface area (Å²) >= 11 is 1.52. The van der Waals surface area contributed by atoms with Crippen molar-refractivity contribution in [2.75, 3.05) is 5.75 Å². The molecule has 6 heteroatoms. The third-order valence-electron chi connectivity index (χ3n) is 7.14. The molecule has 0 unspecified atom stereocenters. The smallest absolute Gasteiger partial charge is 0.243 e. The van der Waals surface area contributed by atoms with Gasteiger partial charge in [0.05, 0.1) is 5.75 Å². The van der Waals surface area contributed by atoms with Crippen LogP contribution in [0.4, 0.5) is 4.39 Å². The summed E-state index contributed by atoms with van der Waals surface area (Å²) in [5, 5.41) is 3.23. The molecular weight excluding hydrogens is 495 g/mol. The van der Waals surface area contributed by atoms with Gasteiger partial charge in [-0.3, -0.25) is 9.59 Å². The van der Waals surface area contributed by atoms with E-state index >= 15 is 0 Å². The van der Waals surface area contributed by atoms with E-state index in [4.69, 9.17) is 0 Å². The fraction of sp³-hybridized carbons (Fsp3) is 0.375. The molecule has 3 aromatic rings. The average Bonchev–Trinajstić information content (AvgIpc) is 2.93. The maximum Gasteiger partial charge on any atom is 0.243 e. The maximum atomic E-state index is 14.7. The van der Waals surface area contributed by atoms with Crippen LogP contribution in [-0.4, -0.2) is 34.6 Å². The number of carbonyl (C=O) groups excluding carboxylic acids is 2. The highest BCUT2D eigenvalue weighted by molar-refractivity contribution is 7.99. The summed E-state index contributed by atoms with van der Waals surface area (Å²) in [6.45, 7) is 2.10. The van der Waals surface area contributed by atoms with Crippen LogP contribution < -0.4 is 5.32 Å². The van der Waals surface area contributed by atoms with Gasteiger partial charge in [0, 0.05) is 30.3 Å². The van der Waals surface area contributed by atoms with Crippen molar-refractivity contribution in [3.8, 4) is 0 Å². The summed E-state index contributed by atoms with van der Waals surface area (Å²) in [6.07, 6.45) is 5.68. The number of amides is 2. The molecule has 4 nitrogen and oxygen atoms in total. The van der Waals surface area contributed by atoms with Crippen molar-refractivity contribution in [3.63, 3.8) is 0 Å². The summed E-state index contributed by atoms with van der Waals surface area (Å²) in [4.78, 5) is 29.1. The molecule has 1 aliphatic rings. The zero-order valence-corrected chi connectivity index (χ0v) is 22.9. The van der Waals surface area contributed by atoms with Gasteiger partial charge in [-0.2, -0.15) is 0 Å². The lowest BCUT2D eigenvalue weighted by Gasteiger charge is -2.33. The Kier molecular flexibility index (Phi) is 10.4. The Morgan fingerprint density at radius 3 is 2.32 bits per heavy atom. The lowest BCUT2D eigenvalue weighted by molar-refractivity contribution is -0.139. The van der Waals surface area contributed by atoms with Crippen molar-refractivity contribution in [1.29, 1.82) is 0 Å². The van der Waals surface area contributed by atoms with E-state index in [1.807, 2.05) is 37.3 Å². The standard InChI is InChI=1S/C32H37FN2O2S/c1-24-16-18-26(19-17-24)22-38-23-31(36)35(21-27-12-8-9-15-29(27)33)30(20-25-10-4-2-5-11-25)32(37)34-28-13-6-3-7-14-28/h2,4-5,8-12,15-19,28,30H,3,6-7,13-14,20-23H2,1H3,(H,34,37)/t30-/m1/s1. The molecule has 0 aromatic heterocycles. The minimum atomic E-state index is -0.730. The lowest BCUT2D eigenvalue weighted by atomic mass is 9.94. The Morgan fingerprint density at radius 1 is 0.921 bits per heavy atom. The Balaban J connectivity index is 1.56. The molecule has 0 saturated heterocycles. The molecule has 2 amide bonds. The van der Waals surface area contributed by atoms with E-state index in [0.29, 0.717) is 17.7 Å². The van der Waals surface area contributed by atoms with Gasteiger partial charge in [0.15, 0.2) is 0 Å². The van der Waals surface area contributed by atoms with Gasteiger partial charge >= 0.3 is 0 Å². The molecule has 0 radical (unpaired) electrons. The summed E-state index contributed by atoms with van der Waals surface area (Å²) in [5.41, 5.74) is 3.71. The van der Waals surface area contributed by atoms with Gasteiger partial charge in [-0.25, -0.2) is 4.39 Å². The normalized spacial score (nSPS) is 14.6. The topological polar surface area (TPSA) is 49.4 Å². The number of nitrogens with one attached hydrogen (secondary N) is 1. The van der Waals surface area contributed by atoms with Gasteiger partial charge in [0.2, 0.25) is 11.8 Å². The van der Waals surface area contributed by atoms with Crippen LogP contribution in [0.2, 0.25) is 0 Å². The molecule has 200 valence electrons. The predicted molar refractivity (Wildman–Crippen MR) is 153 cm³/mol. The summed E-state index contributed by atoms with van der Waals surface area (Å²) in [7, 11) is 0. The molecule has 1 saturated carbocycles. The lowest BCUT2D eigenvalue weighted by Crippen LogP contribution is -2.53. The number of rotatable bonds is 11. The summed E-state index contributed by atoms with van der Waals surface area (Å²) < 4.78 is 14.7. The van der Waals surface area contributed by atoms with Crippen LogP contribution in [0, 0.1) is 12.7 Å². The van der Waals surface area contributed by atoms with Crippen LogP contribution in [0.25, 0.3) is 0 Å². The first-order valence-corrected chi connectivity index (χ1v) is 14.7. The van der Waals surface area contributed by atoms with Crippen molar-refractivity contribution in [2.24, 2.45) is 0 Å². The van der Waals surface area contributed by atoms with Gasteiger partial charge in [0.1, 0.15) is 11.9 Å². The van der Waals surface area contributed by atoms with Gasteiger partial charge in [0.25, 0.3) is 0 Å². The van der Waals surface area contributed by atoms with E-state index < -0.39 is 6.04 Å². The Hall–Kier alpha value is -3.12. The maximum absolute atomic E-state index is 14.7. The van der Waals surface area contributed by atoms with Crippen molar-refractivity contribution >= 4 is 23.6 Å². The quantitative estimate of drug-likeness (QED) is 0.309. The van der Waals surface area contributed by atoms with E-state index in [2.05, 4.69) is 29.6 Å². The van der Waals surface area contributed by atoms with Crippen molar-refractivity contribution < 1.29 is 14.0 Å². The van der Waals surface area contributed by atoms with Crippen molar-refractivity contribution in [3.05, 3.63) is 107 Å². The molecule has 0 bridgehead atoms. The second-order valence-electron chi connectivity index (χ2n) is 10.1. The largest absolute Gasteiger partial charge is 0.352 e. The van der Waals surface area contributed by atoms with Crippen LogP contribution in [0.5, 0.6) is 0 Å². The Bertz CT molecular complexity index is 1180. The molecule has 0 heterocycles. The number of hydrogen-bond donors (Lipinski definition) is 1. The molecule has 0 aliphatic heterocycles. The van der Waals surface area contributed by atoms with Crippen molar-refractivity contribution in [2.45, 2.75) is 69.8 Å². The zero-order chi connectivity index (χ0) is 26.7. The van der Waals surface area contributed by atoms with Crippen LogP contribution in [0.3, 0.4) is 0 Å². The van der Waals surface area contributed by atoms with Gasteiger partial charge in [-0.1, -0.05) is 97.6 Å². The van der Waals surface area contributed by atoms with Gasteiger partial charge in [-0.05, 0) is 37.0 Å². The van der Waals surface area contributed by atoms with E-state index in [0.717, 1.165) is 36.8 Å². The molecular formula is C32H37FN2O2S. The first-order valence-electron chi connectivity index (χ1n) is 13.5. The number of carbonyl (C=O) groups is 2. The highest BCUT2D eigenvalue weighted by Gasteiger charge is 2.32. The second-order valence-corrected chi connectivity index (χ2v) is 11.1. The molecule has 38 heavy (non-hydrogen) atoms. The minimum absolute atomic E-state index is 0.0478. The first-order chi connectivity index (χ1) is 18.5. The summed E-state index contributed by atoms with van der Waals surface area (Å²) in [5.74, 6) is 0.212. The summed E-state index contributed by atoms with van der Waals surface area (Å²) in [6, 6.07) is 23.9. The number of benzene rings is 3. The number of hydrogen-bond acceptors (Lipinski definition) is 3. The molecule has 1 aliphatic carbocycles. The van der Waals surface area contributed by atoms with Gasteiger partial charge in [-0.15, -0.1) is 11.8 Å². The van der Waals surface area contributed by atoms with Crippen LogP contribution in [0.15, 0.2) is 78.9 Å². The van der Waals surface area contributed by atoms with E-state index in [-0.39, 0.29) is 36.0 Å². The second kappa shape index (κ2) is 14.1. The fourth-order valence-electron chi connectivity index (χ4n) is 4.93. The van der Waals surface area contributed by atoms with Crippen LogP contribution >= 0.6 is 11.8 Å². The van der Waals surface area contributed by atoms with Crippen LogP contribution in [-0.2, 0) is 28.3 Å². The number of nitrogens with zero attached hydrogens (tertiary/aromatic N) is 1. The van der Waals surface area contributed by atoms with E-state index in [1.54, 1.807) is 23.1 Å². The molecule has 1 atom stereocenters. The van der Waals surface area contributed by atoms with Crippen LogP contribution in [0.1, 0.15) is 54.4 Å². The number of halogens is 1. The van der Waals surface area contributed by atoms with E-state index in [9.17, 15) is 14.0 Å². The molecule has 4 rings (SSSR count). The molecule has 3 aromatic carbocycles. The monoisotopic (exact) mass is 532 g/mol. The van der Waals surface area contributed by atoms with Crippen molar-refractivity contribution in [1.82, 2.24) is 10.2 Å². The predicted octanol–water partition coefficient (Wildman–Crippen LogP) is 6.46. The molecule has 0 spiro atoms. The SMILES string of the molecule is Cc1ccc(CSCC(=O)N(Cc2ccccc2F)[C@H](Cc2ccccc2)C(=O)NC2CCCCC2)cc1. The Labute approximate surface area is 230 Å². The third kappa shape index (κ3) is 8.19. The average molecular weight is 533 g/mol. The highest BCUT2D eigenvalue weighted by atomic mass is 32.2. The third-order valence-corrected chi connectivity index (χ3v) is 8.12.